The van der Waals surface area contributed by atoms with Crippen molar-refractivity contribution in [1.29, 1.82) is 0 Å². The van der Waals surface area contributed by atoms with Gasteiger partial charge in [0.05, 0.1) is 0 Å². The van der Waals surface area contributed by atoms with Crippen LogP contribution in [0.5, 0.6) is 0 Å². The average Bonchev–Trinajstić information content (AvgIpc) is 2.09. The molecule has 0 amide bonds. The summed E-state index contributed by atoms with van der Waals surface area (Å²) >= 11 is 0. The Bertz CT molecular complexity index is 99.1. The summed E-state index contributed by atoms with van der Waals surface area (Å²) in [5, 5.41) is 0. The largest absolute Gasteiger partial charge is 0.460 e. The minimum Gasteiger partial charge on any atom is -0.460 e. The Morgan fingerprint density at radius 3 is 1.69 bits per heavy atom. The number of hydrogen-bond acceptors (Lipinski definition) is 1. The van der Waals surface area contributed by atoms with Gasteiger partial charge in [-0.15, -0.1) is 0 Å². The van der Waals surface area contributed by atoms with Gasteiger partial charge in [-0.1, -0.05) is 39.5 Å². The molecule has 0 aromatic heterocycles. The van der Waals surface area contributed by atoms with Gasteiger partial charge in [0.15, 0.2) is 18.1 Å². The first-order chi connectivity index (χ1) is 6.20. The molecule has 0 aromatic carbocycles. The normalized spacial score (nSPS) is 11.5. The monoisotopic (exact) mass is 218 g/mol. The quantitative estimate of drug-likeness (QED) is 0.568. The molecule has 0 N–H and O–H groups in total. The second-order valence-electron chi connectivity index (χ2n) is 4.09. The molecule has 0 saturated carbocycles. The van der Waals surface area contributed by atoms with Crippen molar-refractivity contribution in [3.05, 3.63) is 0 Å². The highest BCUT2D eigenvalue weighted by Crippen LogP contribution is 2.11. The van der Waals surface area contributed by atoms with Crippen LogP contribution < -0.4 is 0 Å². The maximum absolute atomic E-state index is 6.13. The van der Waals surface area contributed by atoms with E-state index in [1.165, 1.54) is 37.8 Å². The Morgan fingerprint density at radius 1 is 0.923 bits per heavy atom. The molecule has 0 radical (unpaired) electrons. The first-order valence-electron chi connectivity index (χ1n) is 5.86. The summed E-state index contributed by atoms with van der Waals surface area (Å²) in [6.45, 7) is 9.16. The third-order valence-corrected chi connectivity index (χ3v) is 8.05. The van der Waals surface area contributed by atoms with Crippen LogP contribution in [-0.4, -0.2) is 18.1 Å². The molecular weight excluding hydrogens is 192 g/mol. The highest BCUT2D eigenvalue weighted by molar-refractivity contribution is 6.64. The van der Waals surface area contributed by atoms with Crippen LogP contribution in [0.2, 0.25) is 25.2 Å². The SMILES string of the molecule is CCCC[SiH](CCCC)O[SiH](C)C. The molecule has 0 unspecified atom stereocenters. The predicted octanol–water partition coefficient (Wildman–Crippen LogP) is 3.31. The zero-order chi connectivity index (χ0) is 10.1. The minimum atomic E-state index is -0.765. The lowest BCUT2D eigenvalue weighted by molar-refractivity contribution is 0.575. The molecule has 0 spiro atoms. The standard InChI is InChI=1S/C10H26OSi2/c1-5-7-9-13(10-8-6-2)11-12(3)4/h12-13H,5-10H2,1-4H3. The summed E-state index contributed by atoms with van der Waals surface area (Å²) in [4.78, 5) is 0. The third kappa shape index (κ3) is 8.72. The second kappa shape index (κ2) is 8.97. The lowest BCUT2D eigenvalue weighted by Gasteiger charge is -2.18. The molecule has 0 saturated heterocycles. The van der Waals surface area contributed by atoms with Gasteiger partial charge in [-0.25, -0.2) is 0 Å². The summed E-state index contributed by atoms with van der Waals surface area (Å²) in [5.41, 5.74) is 0. The van der Waals surface area contributed by atoms with Gasteiger partial charge >= 0.3 is 0 Å². The van der Waals surface area contributed by atoms with Gasteiger partial charge in [-0.05, 0) is 25.2 Å². The molecule has 0 aliphatic heterocycles. The van der Waals surface area contributed by atoms with Crippen molar-refractivity contribution in [2.75, 3.05) is 0 Å². The number of unbranched alkanes of at least 4 members (excludes halogenated alkanes) is 2. The fourth-order valence-electron chi connectivity index (χ4n) is 1.53. The van der Waals surface area contributed by atoms with E-state index in [9.17, 15) is 0 Å². The van der Waals surface area contributed by atoms with E-state index in [4.69, 9.17) is 4.12 Å². The highest BCUT2D eigenvalue weighted by atomic mass is 28.4. The van der Waals surface area contributed by atoms with Crippen LogP contribution in [0.25, 0.3) is 0 Å². The molecule has 0 aromatic rings. The Morgan fingerprint density at radius 2 is 1.38 bits per heavy atom. The fourth-order valence-corrected chi connectivity index (χ4v) is 7.71. The Balaban J connectivity index is 3.60. The van der Waals surface area contributed by atoms with E-state index in [1.807, 2.05) is 0 Å². The summed E-state index contributed by atoms with van der Waals surface area (Å²) in [6, 6.07) is 2.84. The van der Waals surface area contributed by atoms with Gasteiger partial charge in [0.25, 0.3) is 0 Å². The second-order valence-corrected chi connectivity index (χ2v) is 9.68. The lowest BCUT2D eigenvalue weighted by atomic mass is 10.4. The first kappa shape index (κ1) is 13.4. The Kier molecular flexibility index (Phi) is 9.24. The van der Waals surface area contributed by atoms with Crippen LogP contribution in [0.15, 0.2) is 0 Å². The molecule has 0 aliphatic rings. The minimum absolute atomic E-state index is 0.752. The zero-order valence-corrected chi connectivity index (χ0v) is 12.1. The van der Waals surface area contributed by atoms with Crippen LogP contribution in [0.1, 0.15) is 39.5 Å². The van der Waals surface area contributed by atoms with Gasteiger partial charge in [0.1, 0.15) is 0 Å². The first-order valence-corrected chi connectivity index (χ1v) is 10.7. The summed E-state index contributed by atoms with van der Waals surface area (Å²) in [5.74, 6) is 0. The summed E-state index contributed by atoms with van der Waals surface area (Å²) in [7, 11) is -1.52. The number of hydrogen-bond donors (Lipinski definition) is 0. The van der Waals surface area contributed by atoms with Crippen molar-refractivity contribution in [3.8, 4) is 0 Å². The van der Waals surface area contributed by atoms with Crippen LogP contribution in [0, 0.1) is 0 Å². The van der Waals surface area contributed by atoms with E-state index in [2.05, 4.69) is 26.9 Å². The molecule has 0 bridgehead atoms. The van der Waals surface area contributed by atoms with Gasteiger partial charge in [0, 0.05) is 0 Å². The van der Waals surface area contributed by atoms with E-state index >= 15 is 0 Å². The Hall–Kier alpha value is 0.394. The van der Waals surface area contributed by atoms with Gasteiger partial charge in [-0.2, -0.15) is 0 Å². The lowest BCUT2D eigenvalue weighted by Crippen LogP contribution is -2.24. The Labute approximate surface area is 87.3 Å². The molecule has 3 heteroatoms. The van der Waals surface area contributed by atoms with Gasteiger partial charge in [-0.3, -0.25) is 0 Å². The smallest absolute Gasteiger partial charge is 0.162 e. The van der Waals surface area contributed by atoms with Crippen molar-refractivity contribution >= 4 is 18.1 Å². The molecule has 0 fully saturated rings. The van der Waals surface area contributed by atoms with Crippen LogP contribution in [-0.2, 0) is 4.12 Å². The molecule has 1 nitrogen and oxygen atoms in total. The molecule has 13 heavy (non-hydrogen) atoms. The van der Waals surface area contributed by atoms with Crippen molar-refractivity contribution in [3.63, 3.8) is 0 Å². The summed E-state index contributed by atoms with van der Waals surface area (Å²) in [6.07, 6.45) is 5.45. The zero-order valence-electron chi connectivity index (χ0n) is 9.81. The van der Waals surface area contributed by atoms with Gasteiger partial charge < -0.3 is 4.12 Å². The van der Waals surface area contributed by atoms with E-state index in [1.54, 1.807) is 0 Å². The van der Waals surface area contributed by atoms with Crippen molar-refractivity contribution in [1.82, 2.24) is 0 Å². The van der Waals surface area contributed by atoms with E-state index < -0.39 is 18.1 Å². The van der Waals surface area contributed by atoms with E-state index in [0.717, 1.165) is 0 Å². The van der Waals surface area contributed by atoms with Crippen molar-refractivity contribution < 1.29 is 4.12 Å². The molecule has 0 heterocycles. The highest BCUT2D eigenvalue weighted by Gasteiger charge is 2.12. The summed E-state index contributed by atoms with van der Waals surface area (Å²) < 4.78 is 6.13. The van der Waals surface area contributed by atoms with Crippen molar-refractivity contribution in [2.45, 2.75) is 64.7 Å². The number of rotatable bonds is 8. The predicted molar refractivity (Wildman–Crippen MR) is 66.5 cm³/mol. The van der Waals surface area contributed by atoms with Crippen molar-refractivity contribution in [2.24, 2.45) is 0 Å². The maximum atomic E-state index is 6.13. The molecule has 0 atom stereocenters. The van der Waals surface area contributed by atoms with E-state index in [0.29, 0.717) is 0 Å². The average molecular weight is 218 g/mol. The van der Waals surface area contributed by atoms with E-state index in [-0.39, 0.29) is 0 Å². The fraction of sp³-hybridized carbons (Fsp3) is 1.00. The van der Waals surface area contributed by atoms with Crippen LogP contribution in [0.3, 0.4) is 0 Å². The topological polar surface area (TPSA) is 9.23 Å². The third-order valence-electron chi connectivity index (χ3n) is 2.22. The molecule has 0 rings (SSSR count). The molecule has 0 aliphatic carbocycles. The van der Waals surface area contributed by atoms with Crippen LogP contribution in [0.4, 0.5) is 0 Å². The molecular formula is C10H26OSi2. The molecule has 80 valence electrons. The van der Waals surface area contributed by atoms with Crippen LogP contribution >= 0.6 is 0 Å². The van der Waals surface area contributed by atoms with Gasteiger partial charge in [0.2, 0.25) is 0 Å². The maximum Gasteiger partial charge on any atom is 0.162 e.